The lowest BCUT2D eigenvalue weighted by Gasteiger charge is -2.08. The van der Waals surface area contributed by atoms with Crippen LogP contribution in [-0.2, 0) is 13.8 Å². The number of carbonyl (C=O) groups excluding carboxylic acids is 1. The second-order valence-electron chi connectivity index (χ2n) is 2.92. The predicted molar refractivity (Wildman–Crippen MR) is 57.3 cm³/mol. The molecule has 94 valence electrons. The van der Waals surface area contributed by atoms with Crippen LogP contribution in [0.15, 0.2) is 17.0 Å². The van der Waals surface area contributed by atoms with E-state index in [1.165, 1.54) is 0 Å². The summed E-state index contributed by atoms with van der Waals surface area (Å²) in [7, 11) is 3.04. The number of hydrogen-bond acceptors (Lipinski definition) is 5. The molecule has 0 saturated heterocycles. The number of carbonyl (C=O) groups is 1. The molecule has 8 heteroatoms. The van der Waals surface area contributed by atoms with Crippen LogP contribution in [0, 0.1) is 5.82 Å². The van der Waals surface area contributed by atoms with Gasteiger partial charge in [0.1, 0.15) is 4.90 Å². The molecule has 1 aromatic rings. The van der Waals surface area contributed by atoms with Crippen molar-refractivity contribution < 1.29 is 27.1 Å². The zero-order chi connectivity index (χ0) is 13.2. The van der Waals surface area contributed by atoms with Crippen LogP contribution in [0.3, 0.4) is 0 Å². The average molecular weight is 283 g/mol. The average Bonchev–Trinajstić information content (AvgIpc) is 2.25. The fourth-order valence-corrected chi connectivity index (χ4v) is 2.20. The van der Waals surface area contributed by atoms with Crippen LogP contribution in [0.1, 0.15) is 10.4 Å². The molecule has 17 heavy (non-hydrogen) atoms. The third-order valence-corrected chi connectivity index (χ3v) is 3.22. The lowest BCUT2D eigenvalue weighted by Crippen LogP contribution is -2.06. The number of methoxy groups -OCH3 is 2. The van der Waals surface area contributed by atoms with E-state index in [1.54, 1.807) is 0 Å². The highest BCUT2D eigenvalue weighted by Gasteiger charge is 2.23. The zero-order valence-corrected chi connectivity index (χ0v) is 10.4. The summed E-state index contributed by atoms with van der Waals surface area (Å²) in [5.41, 5.74) is -0.273. The smallest absolute Gasteiger partial charge is 0.337 e. The molecule has 1 aromatic carbocycles. The molecule has 0 spiro atoms. The van der Waals surface area contributed by atoms with Gasteiger partial charge < -0.3 is 9.47 Å². The van der Waals surface area contributed by atoms with Crippen molar-refractivity contribution in [1.29, 1.82) is 0 Å². The number of hydrogen-bond donors (Lipinski definition) is 0. The number of esters is 1. The van der Waals surface area contributed by atoms with E-state index in [4.69, 9.17) is 10.7 Å². The third-order valence-electron chi connectivity index (χ3n) is 1.90. The summed E-state index contributed by atoms with van der Waals surface area (Å²) in [6.07, 6.45) is 0. The van der Waals surface area contributed by atoms with Gasteiger partial charge in [-0.3, -0.25) is 0 Å². The fraction of sp³-hybridized carbons (Fsp3) is 0.222. The molecular weight excluding hydrogens is 275 g/mol. The van der Waals surface area contributed by atoms with Gasteiger partial charge in [-0.15, -0.1) is 0 Å². The molecule has 0 N–H and O–H groups in total. The molecule has 1 rings (SSSR count). The lowest BCUT2D eigenvalue weighted by atomic mass is 10.2. The largest absolute Gasteiger partial charge is 0.492 e. The van der Waals surface area contributed by atoms with E-state index in [2.05, 4.69) is 9.47 Å². The Morgan fingerprint density at radius 3 is 2.35 bits per heavy atom. The molecule has 0 unspecified atom stereocenters. The summed E-state index contributed by atoms with van der Waals surface area (Å²) in [4.78, 5) is 10.6. The van der Waals surface area contributed by atoms with Crippen LogP contribution in [0.4, 0.5) is 4.39 Å². The number of ether oxygens (including phenoxy) is 2. The van der Waals surface area contributed by atoms with Crippen molar-refractivity contribution in [3.63, 3.8) is 0 Å². The van der Waals surface area contributed by atoms with Crippen molar-refractivity contribution in [2.24, 2.45) is 0 Å². The highest BCUT2D eigenvalue weighted by Crippen LogP contribution is 2.31. The summed E-state index contributed by atoms with van der Waals surface area (Å²) < 4.78 is 44.8. The maximum Gasteiger partial charge on any atom is 0.337 e. The standard InChI is InChI=1S/C9H8ClFO5S/c1-15-8-6(11)3-5(9(12)16-2)4-7(8)17(10,13)14/h3-4H,1-2H3. The van der Waals surface area contributed by atoms with Gasteiger partial charge in [-0.25, -0.2) is 17.6 Å². The van der Waals surface area contributed by atoms with Crippen LogP contribution < -0.4 is 4.74 Å². The van der Waals surface area contributed by atoms with Crippen molar-refractivity contribution >= 4 is 25.7 Å². The van der Waals surface area contributed by atoms with E-state index >= 15 is 0 Å². The van der Waals surface area contributed by atoms with Crippen molar-refractivity contribution in [2.75, 3.05) is 14.2 Å². The SMILES string of the molecule is COC(=O)c1cc(F)c(OC)c(S(=O)(=O)Cl)c1. The maximum absolute atomic E-state index is 13.5. The molecule has 0 aliphatic rings. The Balaban J connectivity index is 3.56. The molecule has 0 fully saturated rings. The molecule has 0 atom stereocenters. The van der Waals surface area contributed by atoms with Crippen LogP contribution in [0.2, 0.25) is 0 Å². The molecule has 0 heterocycles. The topological polar surface area (TPSA) is 69.7 Å². The van der Waals surface area contributed by atoms with Crippen LogP contribution in [0.25, 0.3) is 0 Å². The van der Waals surface area contributed by atoms with Crippen molar-refractivity contribution in [1.82, 2.24) is 0 Å². The number of halogens is 2. The first-order valence-corrected chi connectivity index (χ1v) is 6.52. The van der Waals surface area contributed by atoms with Gasteiger partial charge in [0.05, 0.1) is 19.8 Å². The van der Waals surface area contributed by atoms with Gasteiger partial charge in [-0.05, 0) is 12.1 Å². The summed E-state index contributed by atoms with van der Waals surface area (Å²) in [6, 6.07) is 1.69. The number of rotatable bonds is 3. The van der Waals surface area contributed by atoms with Gasteiger partial charge in [0.25, 0.3) is 9.05 Å². The summed E-state index contributed by atoms with van der Waals surface area (Å²) in [5.74, 6) is -2.45. The van der Waals surface area contributed by atoms with Gasteiger partial charge in [0, 0.05) is 10.7 Å². The molecular formula is C9H8ClFO5S. The Hall–Kier alpha value is -1.34. The molecule has 0 saturated carbocycles. The van der Waals surface area contributed by atoms with Crippen molar-refractivity contribution in [2.45, 2.75) is 4.90 Å². The van der Waals surface area contributed by atoms with Gasteiger partial charge in [-0.1, -0.05) is 0 Å². The summed E-state index contributed by atoms with van der Waals surface area (Å²) in [6.45, 7) is 0. The quantitative estimate of drug-likeness (QED) is 0.621. The Kier molecular flexibility index (Phi) is 3.94. The Morgan fingerprint density at radius 1 is 1.35 bits per heavy atom. The van der Waals surface area contributed by atoms with E-state index in [1.807, 2.05) is 0 Å². The normalized spacial score (nSPS) is 11.1. The monoisotopic (exact) mass is 282 g/mol. The molecule has 0 aromatic heterocycles. The molecule has 5 nitrogen and oxygen atoms in total. The Bertz CT molecular complexity index is 555. The van der Waals surface area contributed by atoms with Gasteiger partial charge in [-0.2, -0.15) is 0 Å². The molecule has 0 aliphatic carbocycles. The van der Waals surface area contributed by atoms with Gasteiger partial charge in [0.2, 0.25) is 0 Å². The molecule has 0 amide bonds. The lowest BCUT2D eigenvalue weighted by molar-refractivity contribution is 0.0599. The van der Waals surface area contributed by atoms with Gasteiger partial charge >= 0.3 is 5.97 Å². The Morgan fingerprint density at radius 2 is 1.94 bits per heavy atom. The minimum Gasteiger partial charge on any atom is -0.492 e. The van der Waals surface area contributed by atoms with Gasteiger partial charge in [0.15, 0.2) is 11.6 Å². The molecule has 0 aliphatic heterocycles. The van der Waals surface area contributed by atoms with E-state index in [9.17, 15) is 17.6 Å². The first-order chi connectivity index (χ1) is 7.81. The molecule has 0 bridgehead atoms. The van der Waals surface area contributed by atoms with E-state index < -0.39 is 31.5 Å². The second kappa shape index (κ2) is 4.89. The predicted octanol–water partition coefficient (Wildman–Crippen LogP) is 1.55. The minimum atomic E-state index is -4.23. The van der Waals surface area contributed by atoms with Crippen LogP contribution in [-0.4, -0.2) is 28.6 Å². The van der Waals surface area contributed by atoms with Crippen molar-refractivity contribution in [3.8, 4) is 5.75 Å². The summed E-state index contributed by atoms with van der Waals surface area (Å²) >= 11 is 0. The van der Waals surface area contributed by atoms with Crippen molar-refractivity contribution in [3.05, 3.63) is 23.5 Å². The maximum atomic E-state index is 13.5. The van der Waals surface area contributed by atoms with Crippen LogP contribution >= 0.6 is 10.7 Å². The fourth-order valence-electron chi connectivity index (χ4n) is 1.18. The number of benzene rings is 1. The highest BCUT2D eigenvalue weighted by atomic mass is 35.7. The zero-order valence-electron chi connectivity index (χ0n) is 8.86. The van der Waals surface area contributed by atoms with E-state index in [-0.39, 0.29) is 5.56 Å². The second-order valence-corrected chi connectivity index (χ2v) is 5.45. The third kappa shape index (κ3) is 2.86. The molecule has 0 radical (unpaired) electrons. The Labute approximate surface area is 102 Å². The summed E-state index contributed by atoms with van der Waals surface area (Å²) in [5, 5.41) is 0. The highest BCUT2D eigenvalue weighted by molar-refractivity contribution is 8.13. The first-order valence-electron chi connectivity index (χ1n) is 4.21. The first kappa shape index (κ1) is 13.7. The minimum absolute atomic E-state index is 0.273. The van der Waals surface area contributed by atoms with E-state index in [0.29, 0.717) is 0 Å². The van der Waals surface area contributed by atoms with E-state index in [0.717, 1.165) is 26.4 Å². The van der Waals surface area contributed by atoms with Crippen LogP contribution in [0.5, 0.6) is 5.75 Å².